The first kappa shape index (κ1) is 18.9. The van der Waals surface area contributed by atoms with Crippen LogP contribution in [0.2, 0.25) is 0 Å². The van der Waals surface area contributed by atoms with Crippen LogP contribution in [0.5, 0.6) is 11.5 Å². The number of imidazole rings is 1. The van der Waals surface area contributed by atoms with Crippen LogP contribution in [0.15, 0.2) is 72.8 Å². The zero-order valence-corrected chi connectivity index (χ0v) is 16.4. The lowest BCUT2D eigenvalue weighted by Gasteiger charge is -2.12. The van der Waals surface area contributed by atoms with Crippen LogP contribution in [-0.4, -0.2) is 28.0 Å². The quantitative estimate of drug-likeness (QED) is 0.431. The molecule has 1 N–H and O–H groups in total. The first-order valence-electron chi connectivity index (χ1n) is 9.81. The molecule has 148 valence electrons. The molecule has 0 amide bonds. The number of phenolic OH excluding ortho intramolecular Hbond substituents is 1. The lowest BCUT2D eigenvalue weighted by molar-refractivity contribution is 0.115. The molecule has 1 heterocycles. The monoisotopic (exact) mass is 388 g/mol. The number of unbranched alkanes of at least 4 members (excludes halogenated alkanes) is 1. The van der Waals surface area contributed by atoms with Crippen molar-refractivity contribution in [3.8, 4) is 22.9 Å². The van der Waals surface area contributed by atoms with Gasteiger partial charge in [-0.05, 0) is 44.0 Å². The van der Waals surface area contributed by atoms with Crippen molar-refractivity contribution >= 4 is 11.0 Å². The van der Waals surface area contributed by atoms with Crippen molar-refractivity contribution in [3.05, 3.63) is 78.4 Å². The van der Waals surface area contributed by atoms with E-state index in [1.165, 1.54) is 0 Å². The lowest BCUT2D eigenvalue weighted by atomic mass is 10.2. The number of benzene rings is 3. The number of para-hydroxylation sites is 2. The van der Waals surface area contributed by atoms with Crippen LogP contribution in [-0.2, 0) is 0 Å². The van der Waals surface area contributed by atoms with E-state index in [4.69, 9.17) is 14.6 Å². The highest BCUT2D eigenvalue weighted by Gasteiger charge is 2.13. The van der Waals surface area contributed by atoms with Crippen LogP contribution in [0.25, 0.3) is 22.4 Å². The molecule has 5 heteroatoms. The van der Waals surface area contributed by atoms with Gasteiger partial charge in [-0.25, -0.2) is 4.98 Å². The predicted octanol–water partition coefficient (Wildman–Crippen LogP) is 5.01. The van der Waals surface area contributed by atoms with Crippen molar-refractivity contribution in [2.75, 3.05) is 13.2 Å². The predicted molar refractivity (Wildman–Crippen MR) is 114 cm³/mol. The van der Waals surface area contributed by atoms with E-state index in [9.17, 15) is 5.11 Å². The molecular weight excluding hydrogens is 364 g/mol. The molecule has 0 spiro atoms. The molecule has 0 fully saturated rings. The highest BCUT2D eigenvalue weighted by Crippen LogP contribution is 2.26. The minimum Gasteiger partial charge on any atom is -0.508 e. The summed E-state index contributed by atoms with van der Waals surface area (Å²) < 4.78 is 7.61. The Hall–Kier alpha value is -3.47. The highest BCUT2D eigenvalue weighted by atomic mass is 16.7. The summed E-state index contributed by atoms with van der Waals surface area (Å²) in [4.78, 5) is 10.8. The number of aromatic nitrogens is 2. The molecule has 0 unspecified atom stereocenters. The van der Waals surface area contributed by atoms with Gasteiger partial charge in [0.15, 0.2) is 5.82 Å². The summed E-state index contributed by atoms with van der Waals surface area (Å²) in [5.74, 6) is 1.78. The zero-order chi connectivity index (χ0) is 20.1. The van der Waals surface area contributed by atoms with E-state index in [0.717, 1.165) is 46.6 Å². The molecule has 3 aromatic carbocycles. The maximum atomic E-state index is 9.74. The van der Waals surface area contributed by atoms with E-state index in [0.29, 0.717) is 13.2 Å². The maximum Gasteiger partial charge on any atom is 0.176 e. The largest absolute Gasteiger partial charge is 0.508 e. The first-order chi connectivity index (χ1) is 14.2. The van der Waals surface area contributed by atoms with Gasteiger partial charge in [0.05, 0.1) is 12.1 Å². The van der Waals surface area contributed by atoms with E-state index in [2.05, 4.69) is 0 Å². The Balaban J connectivity index is 1.38. The Kier molecular flexibility index (Phi) is 5.66. The van der Waals surface area contributed by atoms with Gasteiger partial charge >= 0.3 is 0 Å². The summed E-state index contributed by atoms with van der Waals surface area (Å²) in [5, 5.41) is 9.74. The third kappa shape index (κ3) is 4.19. The van der Waals surface area contributed by atoms with Crippen molar-refractivity contribution in [2.45, 2.75) is 19.8 Å². The van der Waals surface area contributed by atoms with Crippen molar-refractivity contribution in [1.82, 2.24) is 9.71 Å². The van der Waals surface area contributed by atoms with E-state index in [-0.39, 0.29) is 5.75 Å². The molecule has 5 nitrogen and oxygen atoms in total. The number of hydrogen-bond donors (Lipinski definition) is 1. The average Bonchev–Trinajstić information content (AvgIpc) is 3.13. The number of aromatic hydroxyl groups is 1. The molecule has 0 aliphatic rings. The molecule has 1 aromatic heterocycles. The standard InChI is InChI=1S/C24H24N2O3/c1-18-22(27)14-9-15-23(18)28-16-7-8-17-29-26-21-13-6-5-12-20(21)25-24(26)19-10-3-2-4-11-19/h2-6,9-15,27H,7-8,16-17H2,1H3. The Morgan fingerprint density at radius 1 is 0.862 bits per heavy atom. The normalized spacial score (nSPS) is 10.9. The van der Waals surface area contributed by atoms with Gasteiger partial charge in [-0.1, -0.05) is 48.5 Å². The van der Waals surface area contributed by atoms with Gasteiger partial charge < -0.3 is 14.7 Å². The second kappa shape index (κ2) is 8.69. The summed E-state index contributed by atoms with van der Waals surface area (Å²) >= 11 is 0. The Labute approximate surface area is 170 Å². The van der Waals surface area contributed by atoms with Crippen molar-refractivity contribution in [2.24, 2.45) is 0 Å². The maximum absolute atomic E-state index is 9.74. The molecular formula is C24H24N2O3. The summed E-state index contributed by atoms with van der Waals surface area (Å²) in [7, 11) is 0. The number of phenols is 1. The third-order valence-electron chi connectivity index (χ3n) is 4.82. The van der Waals surface area contributed by atoms with Crippen LogP contribution < -0.4 is 9.57 Å². The van der Waals surface area contributed by atoms with Crippen LogP contribution in [0, 0.1) is 6.92 Å². The third-order valence-corrected chi connectivity index (χ3v) is 4.82. The number of nitrogens with zero attached hydrogens (tertiary/aromatic N) is 2. The molecule has 0 aliphatic heterocycles. The summed E-state index contributed by atoms with van der Waals surface area (Å²) in [6.45, 7) is 2.98. The van der Waals surface area contributed by atoms with Gasteiger partial charge in [0.2, 0.25) is 0 Å². The minimum absolute atomic E-state index is 0.256. The number of fused-ring (bicyclic) bond motifs is 1. The van der Waals surface area contributed by atoms with Gasteiger partial charge in [0.1, 0.15) is 23.6 Å². The molecule has 0 atom stereocenters. The molecule has 0 saturated carbocycles. The van der Waals surface area contributed by atoms with E-state index in [1.807, 2.05) is 72.3 Å². The number of ether oxygens (including phenoxy) is 1. The number of rotatable bonds is 8. The SMILES string of the molecule is Cc1c(O)cccc1OCCCCOn1c(-c2ccccc2)nc2ccccc21. The van der Waals surface area contributed by atoms with Gasteiger partial charge in [0, 0.05) is 11.1 Å². The Bertz CT molecular complexity index is 1090. The average molecular weight is 388 g/mol. The van der Waals surface area contributed by atoms with E-state index < -0.39 is 0 Å². The number of hydrogen-bond acceptors (Lipinski definition) is 4. The second-order valence-electron chi connectivity index (χ2n) is 6.87. The fourth-order valence-electron chi connectivity index (χ4n) is 3.21. The molecule has 0 bridgehead atoms. The van der Waals surface area contributed by atoms with Crippen LogP contribution in [0.3, 0.4) is 0 Å². The molecule has 4 rings (SSSR count). The van der Waals surface area contributed by atoms with Crippen LogP contribution in [0.4, 0.5) is 0 Å². The van der Waals surface area contributed by atoms with Crippen molar-refractivity contribution < 1.29 is 14.7 Å². The van der Waals surface area contributed by atoms with Gasteiger partial charge in [-0.2, -0.15) is 4.73 Å². The second-order valence-corrected chi connectivity index (χ2v) is 6.87. The topological polar surface area (TPSA) is 56.5 Å². The first-order valence-corrected chi connectivity index (χ1v) is 9.81. The van der Waals surface area contributed by atoms with Crippen LogP contribution in [0.1, 0.15) is 18.4 Å². The summed E-state index contributed by atoms with van der Waals surface area (Å²) in [6.07, 6.45) is 1.70. The van der Waals surface area contributed by atoms with Gasteiger partial charge in [-0.3, -0.25) is 0 Å². The fraction of sp³-hybridized carbons (Fsp3) is 0.208. The van der Waals surface area contributed by atoms with Crippen molar-refractivity contribution in [3.63, 3.8) is 0 Å². The van der Waals surface area contributed by atoms with Crippen LogP contribution >= 0.6 is 0 Å². The molecule has 0 radical (unpaired) electrons. The molecule has 29 heavy (non-hydrogen) atoms. The Morgan fingerprint density at radius 2 is 1.62 bits per heavy atom. The molecule has 0 saturated heterocycles. The highest BCUT2D eigenvalue weighted by molar-refractivity contribution is 5.80. The smallest absolute Gasteiger partial charge is 0.176 e. The van der Waals surface area contributed by atoms with Gasteiger partial charge in [0.25, 0.3) is 0 Å². The van der Waals surface area contributed by atoms with Gasteiger partial charge in [-0.15, -0.1) is 0 Å². The summed E-state index contributed by atoms with van der Waals surface area (Å²) in [5.41, 5.74) is 3.65. The summed E-state index contributed by atoms with van der Waals surface area (Å²) in [6, 6.07) is 23.4. The van der Waals surface area contributed by atoms with E-state index in [1.54, 1.807) is 12.1 Å². The molecule has 4 aromatic rings. The zero-order valence-electron chi connectivity index (χ0n) is 16.4. The fourth-order valence-corrected chi connectivity index (χ4v) is 3.21. The lowest BCUT2D eigenvalue weighted by Crippen LogP contribution is -2.15. The minimum atomic E-state index is 0.256. The molecule has 0 aliphatic carbocycles. The van der Waals surface area contributed by atoms with E-state index >= 15 is 0 Å². The Morgan fingerprint density at radius 3 is 2.48 bits per heavy atom. The van der Waals surface area contributed by atoms with Crippen molar-refractivity contribution in [1.29, 1.82) is 0 Å².